The minimum absolute atomic E-state index is 0.0497. The number of amides is 1. The molecule has 1 aliphatic rings. The zero-order valence-electron chi connectivity index (χ0n) is 15.1. The summed E-state index contributed by atoms with van der Waals surface area (Å²) in [7, 11) is 0. The molecule has 0 radical (unpaired) electrons. The maximum atomic E-state index is 13.8. The molecule has 0 saturated carbocycles. The molecule has 0 aromatic heterocycles. The highest BCUT2D eigenvalue weighted by atomic mass is 19.1. The Morgan fingerprint density at radius 1 is 1.38 bits per heavy atom. The fourth-order valence-corrected chi connectivity index (χ4v) is 3.45. The van der Waals surface area contributed by atoms with Crippen molar-refractivity contribution in [2.45, 2.75) is 53.2 Å². The van der Waals surface area contributed by atoms with Crippen molar-refractivity contribution in [1.82, 2.24) is 9.80 Å². The third kappa shape index (κ3) is 3.80. The van der Waals surface area contributed by atoms with E-state index < -0.39 is 6.09 Å². The summed E-state index contributed by atoms with van der Waals surface area (Å²) < 4.78 is 13.8. The van der Waals surface area contributed by atoms with Crippen LogP contribution in [-0.2, 0) is 6.54 Å². The first-order chi connectivity index (χ1) is 11.0. The van der Waals surface area contributed by atoms with Gasteiger partial charge in [0.05, 0.1) is 0 Å². The first kappa shape index (κ1) is 18.5. The fraction of sp³-hybridized carbons (Fsp3) is 0.611. The maximum absolute atomic E-state index is 13.8. The van der Waals surface area contributed by atoms with E-state index in [0.29, 0.717) is 25.3 Å². The summed E-state index contributed by atoms with van der Waals surface area (Å²) in [6, 6.07) is 2.81. The summed E-state index contributed by atoms with van der Waals surface area (Å²) in [5.74, 6) is -0.336. The van der Waals surface area contributed by atoms with Crippen LogP contribution in [0.25, 0.3) is 0 Å². The lowest BCUT2D eigenvalue weighted by atomic mass is 9.83. The Bertz CT molecular complexity index is 627. The summed E-state index contributed by atoms with van der Waals surface area (Å²) in [6.07, 6.45) is -0.886. The minimum Gasteiger partial charge on any atom is -0.465 e. The molecule has 1 aromatic rings. The van der Waals surface area contributed by atoms with Gasteiger partial charge in [-0.3, -0.25) is 4.90 Å². The molecule has 1 aliphatic heterocycles. The largest absolute Gasteiger partial charge is 0.465 e. The van der Waals surface area contributed by atoms with E-state index in [1.807, 2.05) is 13.8 Å². The molecule has 0 aliphatic carbocycles. The van der Waals surface area contributed by atoms with E-state index >= 15 is 0 Å². The molecular formula is C18H28FN3O2. The van der Waals surface area contributed by atoms with E-state index in [9.17, 15) is 14.3 Å². The second-order valence-corrected chi connectivity index (χ2v) is 7.87. The lowest BCUT2D eigenvalue weighted by molar-refractivity contribution is -0.00961. The second-order valence-electron chi connectivity index (χ2n) is 7.87. The normalized spacial score (nSPS) is 22.7. The standard InChI is InChI=1S/C18H28FN3O2/c1-11-8-21(9-13-6-14(19)7-15(20)12(13)2)16(18(3,4)5)10-22(11)17(23)24/h6-7,11,16H,8-10,20H2,1-5H3,(H,23,24). The van der Waals surface area contributed by atoms with Gasteiger partial charge in [0.15, 0.2) is 0 Å². The van der Waals surface area contributed by atoms with Gasteiger partial charge in [0, 0.05) is 37.4 Å². The number of hydrogen-bond acceptors (Lipinski definition) is 3. The number of hydrogen-bond donors (Lipinski definition) is 2. The van der Waals surface area contributed by atoms with Crippen LogP contribution in [0.2, 0.25) is 0 Å². The Kier molecular flexibility index (Phi) is 5.08. The summed E-state index contributed by atoms with van der Waals surface area (Å²) in [6.45, 7) is 11.7. The van der Waals surface area contributed by atoms with Crippen LogP contribution < -0.4 is 5.73 Å². The van der Waals surface area contributed by atoms with E-state index in [1.54, 1.807) is 0 Å². The number of anilines is 1. The Hall–Kier alpha value is -1.82. The van der Waals surface area contributed by atoms with Crippen LogP contribution in [0.1, 0.15) is 38.8 Å². The van der Waals surface area contributed by atoms with Crippen molar-refractivity contribution in [3.05, 3.63) is 29.1 Å². The third-order valence-electron chi connectivity index (χ3n) is 4.98. The van der Waals surface area contributed by atoms with Crippen molar-refractivity contribution in [1.29, 1.82) is 0 Å². The molecule has 0 spiro atoms. The van der Waals surface area contributed by atoms with Crippen molar-refractivity contribution in [3.8, 4) is 0 Å². The molecule has 1 amide bonds. The number of rotatable bonds is 2. The molecule has 0 bridgehead atoms. The molecule has 2 unspecified atom stereocenters. The third-order valence-corrected chi connectivity index (χ3v) is 4.98. The van der Waals surface area contributed by atoms with Gasteiger partial charge >= 0.3 is 6.09 Å². The quantitative estimate of drug-likeness (QED) is 0.812. The Morgan fingerprint density at radius 2 is 2.00 bits per heavy atom. The van der Waals surface area contributed by atoms with E-state index in [4.69, 9.17) is 5.73 Å². The number of carboxylic acid groups (broad SMARTS) is 1. The van der Waals surface area contributed by atoms with Crippen molar-refractivity contribution >= 4 is 11.8 Å². The van der Waals surface area contributed by atoms with Gasteiger partial charge in [-0.15, -0.1) is 0 Å². The molecule has 3 N–H and O–H groups in total. The second kappa shape index (κ2) is 6.59. The molecule has 1 fully saturated rings. The number of nitrogens with zero attached hydrogens (tertiary/aromatic N) is 2. The summed E-state index contributed by atoms with van der Waals surface area (Å²) in [5, 5.41) is 9.43. The minimum atomic E-state index is -0.886. The first-order valence-electron chi connectivity index (χ1n) is 8.28. The predicted octanol–water partition coefficient (Wildman–Crippen LogP) is 3.32. The predicted molar refractivity (Wildman–Crippen MR) is 93.4 cm³/mol. The molecule has 134 valence electrons. The van der Waals surface area contributed by atoms with Crippen molar-refractivity contribution in [2.24, 2.45) is 5.41 Å². The molecule has 1 aromatic carbocycles. The van der Waals surface area contributed by atoms with Crippen LogP contribution >= 0.6 is 0 Å². The summed E-state index contributed by atoms with van der Waals surface area (Å²) in [5.41, 5.74) is 7.99. The van der Waals surface area contributed by atoms with Crippen LogP contribution in [0.5, 0.6) is 0 Å². The number of halogens is 1. The molecule has 5 nitrogen and oxygen atoms in total. The summed E-state index contributed by atoms with van der Waals surface area (Å²) >= 11 is 0. The molecular weight excluding hydrogens is 309 g/mol. The Morgan fingerprint density at radius 3 is 2.54 bits per heavy atom. The fourth-order valence-electron chi connectivity index (χ4n) is 3.45. The van der Waals surface area contributed by atoms with Crippen molar-refractivity contribution in [2.75, 3.05) is 18.8 Å². The number of benzene rings is 1. The van der Waals surface area contributed by atoms with Crippen LogP contribution in [0.3, 0.4) is 0 Å². The molecule has 1 heterocycles. The highest BCUT2D eigenvalue weighted by molar-refractivity contribution is 5.65. The van der Waals surface area contributed by atoms with Crippen LogP contribution in [0, 0.1) is 18.2 Å². The molecule has 1 saturated heterocycles. The maximum Gasteiger partial charge on any atom is 0.407 e. The zero-order valence-corrected chi connectivity index (χ0v) is 15.1. The number of nitrogens with two attached hydrogens (primary N) is 1. The number of nitrogen functional groups attached to an aromatic ring is 1. The lowest BCUT2D eigenvalue weighted by Crippen LogP contribution is -2.61. The smallest absolute Gasteiger partial charge is 0.407 e. The van der Waals surface area contributed by atoms with Gasteiger partial charge in [0.2, 0.25) is 0 Å². The monoisotopic (exact) mass is 337 g/mol. The molecule has 2 rings (SSSR count). The van der Waals surface area contributed by atoms with E-state index in [2.05, 4.69) is 25.7 Å². The van der Waals surface area contributed by atoms with Crippen molar-refractivity contribution in [3.63, 3.8) is 0 Å². The van der Waals surface area contributed by atoms with Crippen LogP contribution in [-0.4, -0.2) is 46.2 Å². The van der Waals surface area contributed by atoms with Gasteiger partial charge in [0.25, 0.3) is 0 Å². The van der Waals surface area contributed by atoms with E-state index in [0.717, 1.165) is 11.1 Å². The lowest BCUT2D eigenvalue weighted by Gasteiger charge is -2.49. The van der Waals surface area contributed by atoms with Gasteiger partial charge in [-0.2, -0.15) is 0 Å². The first-order valence-corrected chi connectivity index (χ1v) is 8.28. The zero-order chi connectivity index (χ0) is 18.2. The highest BCUT2D eigenvalue weighted by Gasteiger charge is 2.40. The number of piperazine rings is 1. The van der Waals surface area contributed by atoms with Gasteiger partial charge in [0.1, 0.15) is 5.82 Å². The van der Waals surface area contributed by atoms with Gasteiger partial charge in [-0.25, -0.2) is 9.18 Å². The Balaban J connectivity index is 2.32. The van der Waals surface area contributed by atoms with Crippen molar-refractivity contribution < 1.29 is 14.3 Å². The molecule has 24 heavy (non-hydrogen) atoms. The summed E-state index contributed by atoms with van der Waals surface area (Å²) in [4.78, 5) is 15.2. The van der Waals surface area contributed by atoms with Gasteiger partial charge < -0.3 is 15.7 Å². The molecule has 6 heteroatoms. The average Bonchev–Trinajstić information content (AvgIpc) is 2.42. The van der Waals surface area contributed by atoms with Gasteiger partial charge in [-0.1, -0.05) is 20.8 Å². The average molecular weight is 337 g/mol. The topological polar surface area (TPSA) is 69.8 Å². The van der Waals surface area contributed by atoms with Crippen LogP contribution in [0.4, 0.5) is 14.9 Å². The van der Waals surface area contributed by atoms with Gasteiger partial charge in [-0.05, 0) is 42.5 Å². The number of carbonyl (C=O) groups is 1. The van der Waals surface area contributed by atoms with Crippen LogP contribution in [0.15, 0.2) is 12.1 Å². The Labute approximate surface area is 143 Å². The van der Waals surface area contributed by atoms with E-state index in [-0.39, 0.29) is 23.3 Å². The molecule has 2 atom stereocenters. The highest BCUT2D eigenvalue weighted by Crippen LogP contribution is 2.32. The SMILES string of the molecule is Cc1c(N)cc(F)cc1CN1CC(C)N(C(=O)O)CC1C(C)(C)C. The van der Waals surface area contributed by atoms with E-state index in [1.165, 1.54) is 17.0 Å².